The van der Waals surface area contributed by atoms with Crippen molar-refractivity contribution in [3.05, 3.63) is 28.4 Å². The first-order valence-corrected chi connectivity index (χ1v) is 6.88. The fourth-order valence-electron chi connectivity index (χ4n) is 1.64. The van der Waals surface area contributed by atoms with E-state index in [0.717, 1.165) is 18.5 Å². The maximum absolute atomic E-state index is 11.6. The summed E-state index contributed by atoms with van der Waals surface area (Å²) in [6.07, 6.45) is 3.01. The highest BCUT2D eigenvalue weighted by molar-refractivity contribution is 7.99. The number of hydrogen-bond donors (Lipinski definition) is 2. The minimum Gasteiger partial charge on any atom is -0.490 e. The molecular formula is C12H15N5O2S. The molecule has 0 amide bonds. The predicted molar refractivity (Wildman–Crippen MR) is 76.0 cm³/mol. The molecule has 0 saturated carbocycles. The number of aromatic amines is 1. The molecule has 0 aliphatic carbocycles. The molecule has 0 unspecified atom stereocenters. The first kappa shape index (κ1) is 14.3. The van der Waals surface area contributed by atoms with Crippen LogP contribution in [0, 0.1) is 0 Å². The minimum absolute atomic E-state index is 0.188. The largest absolute Gasteiger partial charge is 0.490 e. The lowest BCUT2D eigenvalue weighted by Crippen LogP contribution is -2.10. The van der Waals surface area contributed by atoms with Gasteiger partial charge in [0.25, 0.3) is 5.56 Å². The summed E-state index contributed by atoms with van der Waals surface area (Å²) in [4.78, 5) is 26.6. The van der Waals surface area contributed by atoms with Crippen LogP contribution in [0.15, 0.2) is 27.4 Å². The zero-order valence-electron chi connectivity index (χ0n) is 11.2. The molecule has 2 aromatic rings. The topological polar surface area (TPSA) is 107 Å². The van der Waals surface area contributed by atoms with Gasteiger partial charge in [-0.15, -0.1) is 0 Å². The fourth-order valence-corrected chi connectivity index (χ4v) is 2.52. The summed E-state index contributed by atoms with van der Waals surface area (Å²) in [5.41, 5.74) is 6.27. The highest BCUT2D eigenvalue weighted by Gasteiger charge is 2.13. The molecule has 8 heteroatoms. The number of rotatable bonds is 5. The molecule has 7 nitrogen and oxygen atoms in total. The molecule has 0 aliphatic rings. The van der Waals surface area contributed by atoms with Crippen LogP contribution in [-0.2, 0) is 6.42 Å². The van der Waals surface area contributed by atoms with Crippen LogP contribution in [-0.4, -0.2) is 27.0 Å². The zero-order chi connectivity index (χ0) is 14.5. The first-order chi connectivity index (χ1) is 9.63. The fraction of sp³-hybridized carbons (Fsp3) is 0.333. The van der Waals surface area contributed by atoms with Gasteiger partial charge in [-0.2, -0.15) is 0 Å². The summed E-state index contributed by atoms with van der Waals surface area (Å²) < 4.78 is 5.17. The van der Waals surface area contributed by atoms with E-state index in [9.17, 15) is 4.79 Å². The minimum atomic E-state index is -0.188. The molecule has 2 rings (SSSR count). The number of ether oxygens (including phenoxy) is 1. The van der Waals surface area contributed by atoms with E-state index in [4.69, 9.17) is 10.5 Å². The van der Waals surface area contributed by atoms with Gasteiger partial charge < -0.3 is 15.5 Å². The number of H-pyrrole nitrogens is 1. The van der Waals surface area contributed by atoms with E-state index in [1.54, 1.807) is 0 Å². The molecule has 0 bridgehead atoms. The van der Waals surface area contributed by atoms with Crippen molar-refractivity contribution in [2.24, 2.45) is 0 Å². The van der Waals surface area contributed by atoms with E-state index in [-0.39, 0.29) is 11.4 Å². The number of nitrogen functional groups attached to an aromatic ring is 1. The molecule has 0 atom stereocenters. The number of hydrogen-bond acceptors (Lipinski definition) is 7. The Hall–Kier alpha value is -2.09. The Balaban J connectivity index is 2.35. The van der Waals surface area contributed by atoms with Crippen molar-refractivity contribution in [1.82, 2.24) is 19.9 Å². The number of nitrogens with zero attached hydrogens (tertiary/aromatic N) is 3. The van der Waals surface area contributed by atoms with Gasteiger partial charge >= 0.3 is 0 Å². The maximum Gasteiger partial charge on any atom is 0.251 e. The molecular weight excluding hydrogens is 278 g/mol. The Morgan fingerprint density at radius 3 is 2.95 bits per heavy atom. The van der Waals surface area contributed by atoms with Gasteiger partial charge in [0.2, 0.25) is 0 Å². The summed E-state index contributed by atoms with van der Waals surface area (Å²) >= 11 is 1.18. The van der Waals surface area contributed by atoms with E-state index in [2.05, 4.69) is 19.9 Å². The van der Waals surface area contributed by atoms with Crippen molar-refractivity contribution >= 4 is 17.6 Å². The summed E-state index contributed by atoms with van der Waals surface area (Å²) in [6, 6.07) is 1.50. The Bertz CT molecular complexity index is 659. The van der Waals surface area contributed by atoms with Gasteiger partial charge in [-0.3, -0.25) is 4.79 Å². The van der Waals surface area contributed by atoms with Crippen LogP contribution in [0.3, 0.4) is 0 Å². The van der Waals surface area contributed by atoms with Crippen molar-refractivity contribution in [3.63, 3.8) is 0 Å². The molecule has 2 aromatic heterocycles. The zero-order valence-corrected chi connectivity index (χ0v) is 12.0. The molecule has 0 radical (unpaired) electrons. The predicted octanol–water partition coefficient (Wildman–Crippen LogP) is 1.25. The Morgan fingerprint density at radius 2 is 2.25 bits per heavy atom. The van der Waals surface area contributed by atoms with E-state index in [1.807, 2.05) is 6.92 Å². The second kappa shape index (κ2) is 6.38. The summed E-state index contributed by atoms with van der Waals surface area (Å²) in [5, 5.41) is 0.967. The van der Waals surface area contributed by atoms with E-state index in [1.165, 1.54) is 31.3 Å². The van der Waals surface area contributed by atoms with Crippen molar-refractivity contribution in [1.29, 1.82) is 0 Å². The standard InChI is InChI=1S/C12H15N5O2S/c1-3-4-7-5-8(18)17-12(16-7)20-11-9(19-2)10(13)14-6-15-11/h5-6H,3-4H2,1-2H3,(H2,13,14,15)(H,16,17,18). The summed E-state index contributed by atoms with van der Waals surface area (Å²) in [7, 11) is 1.49. The van der Waals surface area contributed by atoms with Crippen LogP contribution in [0.5, 0.6) is 5.75 Å². The number of nitrogens with one attached hydrogen (secondary N) is 1. The Kier molecular flexibility index (Phi) is 4.57. The molecule has 2 heterocycles. The van der Waals surface area contributed by atoms with Crippen LogP contribution >= 0.6 is 11.8 Å². The number of aryl methyl sites for hydroxylation is 1. The van der Waals surface area contributed by atoms with Gasteiger partial charge in [-0.05, 0) is 18.2 Å². The average molecular weight is 293 g/mol. The number of methoxy groups -OCH3 is 1. The van der Waals surface area contributed by atoms with E-state index >= 15 is 0 Å². The van der Waals surface area contributed by atoms with Crippen LogP contribution in [0.2, 0.25) is 0 Å². The molecule has 3 N–H and O–H groups in total. The van der Waals surface area contributed by atoms with Gasteiger partial charge in [0, 0.05) is 11.8 Å². The van der Waals surface area contributed by atoms with Gasteiger partial charge in [-0.25, -0.2) is 15.0 Å². The van der Waals surface area contributed by atoms with Gasteiger partial charge in [-0.1, -0.05) is 13.3 Å². The highest BCUT2D eigenvalue weighted by atomic mass is 32.2. The Labute approximate surface area is 120 Å². The number of anilines is 1. The molecule has 0 aliphatic heterocycles. The van der Waals surface area contributed by atoms with E-state index < -0.39 is 0 Å². The summed E-state index contributed by atoms with van der Waals surface area (Å²) in [6.45, 7) is 2.03. The van der Waals surface area contributed by atoms with Crippen LogP contribution < -0.4 is 16.0 Å². The monoisotopic (exact) mass is 293 g/mol. The third kappa shape index (κ3) is 3.27. The first-order valence-electron chi connectivity index (χ1n) is 6.06. The molecule has 20 heavy (non-hydrogen) atoms. The van der Waals surface area contributed by atoms with Crippen molar-refractivity contribution in [2.75, 3.05) is 12.8 Å². The quantitative estimate of drug-likeness (QED) is 0.631. The van der Waals surface area contributed by atoms with Crippen molar-refractivity contribution < 1.29 is 4.74 Å². The van der Waals surface area contributed by atoms with Crippen molar-refractivity contribution in [2.45, 2.75) is 29.9 Å². The Morgan fingerprint density at radius 1 is 1.45 bits per heavy atom. The third-order valence-electron chi connectivity index (χ3n) is 2.48. The van der Waals surface area contributed by atoms with E-state index in [0.29, 0.717) is 15.9 Å². The second-order valence-electron chi connectivity index (χ2n) is 3.99. The molecule has 0 spiro atoms. The molecule has 106 valence electrons. The number of nitrogens with two attached hydrogens (primary N) is 1. The smallest absolute Gasteiger partial charge is 0.251 e. The normalized spacial score (nSPS) is 10.5. The lowest BCUT2D eigenvalue weighted by molar-refractivity contribution is 0.401. The average Bonchev–Trinajstić information content (AvgIpc) is 2.38. The van der Waals surface area contributed by atoms with Crippen LogP contribution in [0.4, 0.5) is 5.82 Å². The van der Waals surface area contributed by atoms with Crippen LogP contribution in [0.1, 0.15) is 19.0 Å². The summed E-state index contributed by atoms with van der Waals surface area (Å²) in [5.74, 6) is 0.623. The van der Waals surface area contributed by atoms with Gasteiger partial charge in [0.05, 0.1) is 7.11 Å². The van der Waals surface area contributed by atoms with Crippen molar-refractivity contribution in [3.8, 4) is 5.75 Å². The highest BCUT2D eigenvalue weighted by Crippen LogP contribution is 2.33. The lowest BCUT2D eigenvalue weighted by Gasteiger charge is -2.08. The SMILES string of the molecule is CCCc1cc(=O)[nH]c(Sc2ncnc(N)c2OC)n1. The molecule has 0 aromatic carbocycles. The van der Waals surface area contributed by atoms with Gasteiger partial charge in [0.15, 0.2) is 21.7 Å². The number of aromatic nitrogens is 4. The molecule has 0 saturated heterocycles. The maximum atomic E-state index is 11.6. The lowest BCUT2D eigenvalue weighted by atomic mass is 10.2. The second-order valence-corrected chi connectivity index (χ2v) is 4.97. The molecule has 0 fully saturated rings. The third-order valence-corrected chi connectivity index (χ3v) is 3.35. The van der Waals surface area contributed by atoms with Crippen LogP contribution in [0.25, 0.3) is 0 Å². The van der Waals surface area contributed by atoms with Gasteiger partial charge in [0.1, 0.15) is 6.33 Å².